The van der Waals surface area contributed by atoms with Gasteiger partial charge in [-0.25, -0.2) is 0 Å². The van der Waals surface area contributed by atoms with E-state index in [2.05, 4.69) is 74.5 Å². The van der Waals surface area contributed by atoms with E-state index in [1.54, 1.807) is 0 Å². The van der Waals surface area contributed by atoms with Crippen LogP contribution < -0.4 is 0 Å². The molecule has 4 unspecified atom stereocenters. The molecule has 8 rings (SSSR count). The van der Waals surface area contributed by atoms with Crippen molar-refractivity contribution in [2.75, 3.05) is 0 Å². The van der Waals surface area contributed by atoms with E-state index in [4.69, 9.17) is 27.6 Å². The number of benzene rings is 4. The van der Waals surface area contributed by atoms with Gasteiger partial charge in [-0.3, -0.25) is 0 Å². The highest BCUT2D eigenvalue weighted by Crippen LogP contribution is 2.63. The molecule has 2 bridgehead atoms. The fraction of sp³-hybridized carbons (Fsp3) is 0.257. The summed E-state index contributed by atoms with van der Waals surface area (Å²) in [5.41, 5.74) is 10.6. The summed E-state index contributed by atoms with van der Waals surface area (Å²) in [5, 5.41) is 3.76. The number of fused-ring (bicyclic) bond motifs is 11. The van der Waals surface area contributed by atoms with Crippen molar-refractivity contribution in [2.45, 2.75) is 38.5 Å². The number of allylic oxidation sites excluding steroid dienone is 2. The zero-order valence-corrected chi connectivity index (χ0v) is 23.0. The SMILES string of the molecule is CC1=CC2(c3ccc(-c4ccc5oc6ccccc6c5c4)cc3-c3c(Cl)cc(Cl)cc32)C2CC(C)CC1C2. The highest BCUT2D eigenvalue weighted by Gasteiger charge is 2.52. The molecule has 38 heavy (non-hydrogen) atoms. The zero-order valence-electron chi connectivity index (χ0n) is 21.5. The predicted octanol–water partition coefficient (Wildman–Crippen LogP) is 10.8. The maximum absolute atomic E-state index is 7.01. The number of para-hydroxylation sites is 1. The summed E-state index contributed by atoms with van der Waals surface area (Å²) in [5.74, 6) is 1.96. The van der Waals surface area contributed by atoms with Crippen LogP contribution in [0.2, 0.25) is 10.0 Å². The Labute approximate surface area is 233 Å². The third-order valence-corrected chi connectivity index (χ3v) is 10.1. The van der Waals surface area contributed by atoms with Crippen LogP contribution >= 0.6 is 23.2 Å². The van der Waals surface area contributed by atoms with Crippen molar-refractivity contribution in [2.24, 2.45) is 17.8 Å². The number of halogens is 2. The standard InChI is InChI=1S/C35H28Cl2O/c1-19-11-23-13-24(12-19)35(18-20(23)2)29-9-7-21(15-28(29)34-30(35)16-25(36)17-31(34)37)22-8-10-33-27(14-22)26-5-3-4-6-32(26)38-33/h3-10,14-19,23-24H,11-13H2,1-2H3. The van der Waals surface area contributed by atoms with Crippen LogP contribution in [0.25, 0.3) is 44.2 Å². The first-order valence-corrected chi connectivity index (χ1v) is 14.4. The summed E-state index contributed by atoms with van der Waals surface area (Å²) in [6.07, 6.45) is 6.35. The van der Waals surface area contributed by atoms with Crippen molar-refractivity contribution in [1.29, 1.82) is 0 Å². The highest BCUT2D eigenvalue weighted by molar-refractivity contribution is 6.37. The molecule has 0 amide bonds. The minimum atomic E-state index is -0.169. The van der Waals surface area contributed by atoms with Crippen LogP contribution in [-0.4, -0.2) is 0 Å². The van der Waals surface area contributed by atoms with E-state index in [0.29, 0.717) is 11.8 Å². The van der Waals surface area contributed by atoms with Crippen molar-refractivity contribution in [3.63, 3.8) is 0 Å². The molecule has 1 heterocycles. The molecule has 188 valence electrons. The van der Waals surface area contributed by atoms with E-state index in [1.165, 1.54) is 52.7 Å². The molecular weight excluding hydrogens is 507 g/mol. The second-order valence-electron chi connectivity index (χ2n) is 11.8. The van der Waals surface area contributed by atoms with E-state index in [1.807, 2.05) is 18.2 Å². The van der Waals surface area contributed by atoms with Crippen LogP contribution in [0, 0.1) is 17.8 Å². The molecule has 0 saturated heterocycles. The number of hydrogen-bond acceptors (Lipinski definition) is 1. The zero-order chi connectivity index (χ0) is 25.8. The van der Waals surface area contributed by atoms with Crippen molar-refractivity contribution in [3.8, 4) is 22.3 Å². The lowest BCUT2D eigenvalue weighted by atomic mass is 9.55. The molecule has 0 aliphatic heterocycles. The van der Waals surface area contributed by atoms with Gasteiger partial charge in [0.15, 0.2) is 0 Å². The fourth-order valence-corrected chi connectivity index (χ4v) is 8.65. The van der Waals surface area contributed by atoms with E-state index in [9.17, 15) is 0 Å². The Kier molecular flexibility index (Phi) is 4.83. The minimum Gasteiger partial charge on any atom is -0.456 e. The molecule has 0 radical (unpaired) electrons. The van der Waals surface area contributed by atoms with Crippen molar-refractivity contribution < 1.29 is 4.42 Å². The van der Waals surface area contributed by atoms with Gasteiger partial charge in [0.25, 0.3) is 0 Å². The summed E-state index contributed by atoms with van der Waals surface area (Å²) >= 11 is 13.7. The first kappa shape index (κ1) is 22.9. The van der Waals surface area contributed by atoms with Crippen LogP contribution in [-0.2, 0) is 5.41 Å². The molecule has 3 aliphatic carbocycles. The topological polar surface area (TPSA) is 13.1 Å². The lowest BCUT2D eigenvalue weighted by Crippen LogP contribution is -2.42. The Morgan fingerprint density at radius 3 is 2.47 bits per heavy atom. The molecule has 3 aliphatic rings. The molecule has 1 saturated carbocycles. The Hall–Kier alpha value is -3.00. The first-order chi connectivity index (χ1) is 18.4. The normalized spacial score (nSPS) is 25.6. The summed E-state index contributed by atoms with van der Waals surface area (Å²) in [6, 6.07) is 25.9. The molecule has 4 aromatic carbocycles. The number of hydrogen-bond donors (Lipinski definition) is 0. The largest absolute Gasteiger partial charge is 0.456 e. The van der Waals surface area contributed by atoms with Gasteiger partial charge >= 0.3 is 0 Å². The van der Waals surface area contributed by atoms with Crippen LogP contribution in [0.1, 0.15) is 44.2 Å². The monoisotopic (exact) mass is 534 g/mol. The van der Waals surface area contributed by atoms with Gasteiger partial charge in [-0.05, 0) is 108 Å². The van der Waals surface area contributed by atoms with Gasteiger partial charge in [-0.2, -0.15) is 0 Å². The average molecular weight is 536 g/mol. The van der Waals surface area contributed by atoms with Crippen molar-refractivity contribution in [1.82, 2.24) is 0 Å². The molecule has 4 atom stereocenters. The lowest BCUT2D eigenvalue weighted by Gasteiger charge is -2.49. The van der Waals surface area contributed by atoms with E-state index in [0.717, 1.165) is 43.5 Å². The number of rotatable bonds is 1. The molecule has 1 nitrogen and oxygen atoms in total. The molecule has 1 aromatic heterocycles. The molecular formula is C35H28Cl2O. The summed E-state index contributed by atoms with van der Waals surface area (Å²) in [6.45, 7) is 4.76. The van der Waals surface area contributed by atoms with E-state index in [-0.39, 0.29) is 5.41 Å². The maximum atomic E-state index is 7.01. The van der Waals surface area contributed by atoms with Crippen LogP contribution in [0.15, 0.2) is 88.9 Å². The van der Waals surface area contributed by atoms with Gasteiger partial charge in [-0.1, -0.05) is 78.2 Å². The van der Waals surface area contributed by atoms with Gasteiger partial charge < -0.3 is 4.42 Å². The lowest BCUT2D eigenvalue weighted by molar-refractivity contribution is 0.168. The minimum absolute atomic E-state index is 0.169. The van der Waals surface area contributed by atoms with Crippen LogP contribution in [0.3, 0.4) is 0 Å². The smallest absolute Gasteiger partial charge is 0.135 e. The summed E-state index contributed by atoms with van der Waals surface area (Å²) in [7, 11) is 0. The van der Waals surface area contributed by atoms with Crippen molar-refractivity contribution >= 4 is 45.1 Å². The Bertz CT molecular complexity index is 1830. The van der Waals surface area contributed by atoms with Crippen LogP contribution in [0.5, 0.6) is 0 Å². The van der Waals surface area contributed by atoms with Gasteiger partial charge in [0.1, 0.15) is 11.2 Å². The fourth-order valence-electron chi connectivity index (χ4n) is 8.05. The van der Waals surface area contributed by atoms with E-state index >= 15 is 0 Å². The van der Waals surface area contributed by atoms with Crippen LogP contribution in [0.4, 0.5) is 0 Å². The number of furan rings is 1. The maximum Gasteiger partial charge on any atom is 0.135 e. The Morgan fingerprint density at radius 1 is 0.789 bits per heavy atom. The third kappa shape index (κ3) is 3.07. The quantitative estimate of drug-likeness (QED) is 0.195. The summed E-state index contributed by atoms with van der Waals surface area (Å²) < 4.78 is 6.09. The molecule has 0 N–H and O–H groups in total. The van der Waals surface area contributed by atoms with Gasteiger partial charge in [0.05, 0.1) is 5.02 Å². The van der Waals surface area contributed by atoms with Gasteiger partial charge in [0, 0.05) is 26.8 Å². The Balaban J connectivity index is 1.37. The molecule has 1 fully saturated rings. The second-order valence-corrected chi connectivity index (χ2v) is 12.7. The second kappa shape index (κ2) is 8.01. The summed E-state index contributed by atoms with van der Waals surface area (Å²) in [4.78, 5) is 0. The Morgan fingerprint density at radius 2 is 1.58 bits per heavy atom. The predicted molar refractivity (Wildman–Crippen MR) is 159 cm³/mol. The highest BCUT2D eigenvalue weighted by atomic mass is 35.5. The van der Waals surface area contributed by atoms with E-state index < -0.39 is 0 Å². The molecule has 1 spiro atoms. The molecule has 3 heteroatoms. The van der Waals surface area contributed by atoms with Gasteiger partial charge in [-0.15, -0.1) is 0 Å². The van der Waals surface area contributed by atoms with Gasteiger partial charge in [0.2, 0.25) is 0 Å². The average Bonchev–Trinajstić information content (AvgIpc) is 3.40. The molecule has 5 aromatic rings. The van der Waals surface area contributed by atoms with Crippen molar-refractivity contribution in [3.05, 3.63) is 106 Å². The third-order valence-electron chi connectivity index (χ3n) is 9.63. The first-order valence-electron chi connectivity index (χ1n) is 13.7.